The number of ether oxygens (including phenoxy) is 1. The Morgan fingerprint density at radius 1 is 0.789 bits per heavy atom. The van der Waals surface area contributed by atoms with Crippen LogP contribution in [0.2, 0.25) is 0 Å². The van der Waals surface area contributed by atoms with Gasteiger partial charge in [-0.25, -0.2) is 0 Å². The molecule has 0 aliphatic carbocycles. The van der Waals surface area contributed by atoms with E-state index in [4.69, 9.17) is 9.73 Å². The highest BCUT2D eigenvalue weighted by molar-refractivity contribution is 6.11. The first-order valence-electron chi connectivity index (χ1n) is 12.8. The number of likely N-dealkylation sites (N-methyl/N-ethyl adjacent to an activating group) is 1. The molecule has 0 aromatic heterocycles. The van der Waals surface area contributed by atoms with E-state index >= 15 is 0 Å². The van der Waals surface area contributed by atoms with Crippen molar-refractivity contribution in [3.63, 3.8) is 0 Å². The molecular formula is C33H31N3O2. The largest absolute Gasteiger partial charge is 0.419 e. The number of nitrogens with zero attached hydrogens (tertiary/aromatic N) is 3. The Morgan fingerprint density at radius 2 is 1.32 bits per heavy atom. The third kappa shape index (κ3) is 5.09. The van der Waals surface area contributed by atoms with Crippen LogP contribution in [0.1, 0.15) is 29.2 Å². The molecule has 5 nitrogen and oxygen atoms in total. The summed E-state index contributed by atoms with van der Waals surface area (Å²) in [5.41, 5.74) is 8.16. The molecule has 190 valence electrons. The van der Waals surface area contributed by atoms with Crippen LogP contribution in [0.15, 0.2) is 108 Å². The molecule has 0 spiro atoms. The molecule has 0 N–H and O–H groups in total. The average molecular weight is 502 g/mol. The summed E-state index contributed by atoms with van der Waals surface area (Å²) in [4.78, 5) is 21.7. The molecule has 4 aromatic carbocycles. The number of para-hydroxylation sites is 2. The number of aryl methyl sites for hydroxylation is 3. The molecule has 1 amide bonds. The van der Waals surface area contributed by atoms with Gasteiger partial charge in [-0.2, -0.15) is 4.99 Å². The van der Waals surface area contributed by atoms with Crippen LogP contribution in [0.3, 0.4) is 0 Å². The number of hydrogen-bond donors (Lipinski definition) is 0. The molecule has 1 aliphatic heterocycles. The second kappa shape index (κ2) is 10.8. The molecule has 0 atom stereocenters. The summed E-state index contributed by atoms with van der Waals surface area (Å²) in [7, 11) is 0. The fourth-order valence-corrected chi connectivity index (χ4v) is 4.79. The highest BCUT2D eigenvalue weighted by Gasteiger charge is 2.34. The number of rotatable bonds is 6. The van der Waals surface area contributed by atoms with Crippen LogP contribution >= 0.6 is 0 Å². The van der Waals surface area contributed by atoms with Gasteiger partial charge in [-0.3, -0.25) is 9.69 Å². The summed E-state index contributed by atoms with van der Waals surface area (Å²) in [5, 5.41) is 0. The van der Waals surface area contributed by atoms with Crippen LogP contribution in [-0.2, 0) is 9.53 Å². The monoisotopic (exact) mass is 501 g/mol. The van der Waals surface area contributed by atoms with Crippen LogP contribution in [0.5, 0.6) is 0 Å². The van der Waals surface area contributed by atoms with E-state index in [1.165, 1.54) is 5.56 Å². The Kier molecular flexibility index (Phi) is 7.09. The topological polar surface area (TPSA) is 45.1 Å². The van der Waals surface area contributed by atoms with Crippen LogP contribution in [0.4, 0.5) is 22.7 Å². The molecule has 5 rings (SSSR count). The number of carbonyl (C=O) groups excluding carboxylic acids is 1. The predicted octanol–water partition coefficient (Wildman–Crippen LogP) is 7.99. The highest BCUT2D eigenvalue weighted by Crippen LogP contribution is 2.34. The summed E-state index contributed by atoms with van der Waals surface area (Å²) in [6.07, 6.45) is 1.78. The third-order valence-corrected chi connectivity index (χ3v) is 6.52. The first-order valence-corrected chi connectivity index (χ1v) is 12.8. The first-order chi connectivity index (χ1) is 18.4. The molecule has 0 bridgehead atoms. The third-order valence-electron chi connectivity index (χ3n) is 6.52. The van der Waals surface area contributed by atoms with Gasteiger partial charge in [-0.1, -0.05) is 66.2 Å². The normalized spacial score (nSPS) is 15.3. The quantitative estimate of drug-likeness (QED) is 0.252. The van der Waals surface area contributed by atoms with Crippen molar-refractivity contribution in [2.24, 2.45) is 4.99 Å². The van der Waals surface area contributed by atoms with E-state index in [-0.39, 0.29) is 11.7 Å². The van der Waals surface area contributed by atoms with Crippen molar-refractivity contribution in [3.05, 3.63) is 125 Å². The van der Waals surface area contributed by atoms with E-state index in [9.17, 15) is 4.79 Å². The molecule has 1 heterocycles. The second-order valence-electron chi connectivity index (χ2n) is 9.40. The molecule has 5 heteroatoms. The number of aliphatic imine (C=N–C) groups is 1. The summed E-state index contributed by atoms with van der Waals surface area (Å²) < 4.78 is 6.02. The van der Waals surface area contributed by atoms with Crippen molar-refractivity contribution in [1.82, 2.24) is 4.90 Å². The van der Waals surface area contributed by atoms with E-state index in [2.05, 4.69) is 60.4 Å². The molecule has 0 radical (unpaired) electrons. The Bertz CT molecular complexity index is 1440. The van der Waals surface area contributed by atoms with Gasteiger partial charge in [0.1, 0.15) is 0 Å². The Hall–Kier alpha value is -4.64. The number of benzene rings is 4. The summed E-state index contributed by atoms with van der Waals surface area (Å²) in [6.45, 7) is 8.51. The van der Waals surface area contributed by atoms with Gasteiger partial charge in [0.25, 0.3) is 5.91 Å². The zero-order valence-electron chi connectivity index (χ0n) is 22.2. The summed E-state index contributed by atoms with van der Waals surface area (Å²) >= 11 is 0. The lowest BCUT2D eigenvalue weighted by atomic mass is 10.1. The number of anilines is 3. The minimum absolute atomic E-state index is 0.187. The molecule has 1 fully saturated rings. The fourth-order valence-electron chi connectivity index (χ4n) is 4.79. The van der Waals surface area contributed by atoms with E-state index in [1.54, 1.807) is 11.0 Å². The van der Waals surface area contributed by atoms with Crippen molar-refractivity contribution >= 4 is 40.8 Å². The molecule has 0 saturated carbocycles. The molecular weight excluding hydrogens is 470 g/mol. The van der Waals surface area contributed by atoms with Gasteiger partial charge in [-0.05, 0) is 86.9 Å². The van der Waals surface area contributed by atoms with E-state index in [0.717, 1.165) is 39.4 Å². The first kappa shape index (κ1) is 25.0. The van der Waals surface area contributed by atoms with Gasteiger partial charge in [0.15, 0.2) is 5.76 Å². The van der Waals surface area contributed by atoms with Gasteiger partial charge in [0, 0.05) is 23.6 Å². The Balaban J connectivity index is 1.45. The van der Waals surface area contributed by atoms with E-state index in [0.29, 0.717) is 12.6 Å². The van der Waals surface area contributed by atoms with Crippen molar-refractivity contribution in [2.75, 3.05) is 11.4 Å². The molecule has 0 unspecified atom stereocenters. The zero-order chi connectivity index (χ0) is 26.6. The van der Waals surface area contributed by atoms with Crippen molar-refractivity contribution in [2.45, 2.75) is 27.7 Å². The van der Waals surface area contributed by atoms with Crippen LogP contribution < -0.4 is 4.90 Å². The summed E-state index contributed by atoms with van der Waals surface area (Å²) in [5.74, 6) is 0.0803. The number of hydrogen-bond acceptors (Lipinski definition) is 4. The lowest BCUT2D eigenvalue weighted by Crippen LogP contribution is -2.29. The molecule has 38 heavy (non-hydrogen) atoms. The van der Waals surface area contributed by atoms with Crippen LogP contribution in [-0.4, -0.2) is 23.4 Å². The maximum atomic E-state index is 13.2. The second-order valence-corrected chi connectivity index (χ2v) is 9.40. The molecule has 1 saturated heterocycles. The van der Waals surface area contributed by atoms with Crippen molar-refractivity contribution in [1.29, 1.82) is 0 Å². The van der Waals surface area contributed by atoms with Gasteiger partial charge < -0.3 is 9.64 Å². The van der Waals surface area contributed by atoms with Crippen LogP contribution in [0, 0.1) is 20.8 Å². The van der Waals surface area contributed by atoms with E-state index in [1.807, 2.05) is 69.3 Å². The van der Waals surface area contributed by atoms with Crippen LogP contribution in [0.25, 0.3) is 6.08 Å². The van der Waals surface area contributed by atoms with Gasteiger partial charge in [0.2, 0.25) is 0 Å². The Morgan fingerprint density at radius 3 is 1.84 bits per heavy atom. The van der Waals surface area contributed by atoms with Gasteiger partial charge >= 0.3 is 6.02 Å². The predicted molar refractivity (Wildman–Crippen MR) is 155 cm³/mol. The average Bonchev–Trinajstić information content (AvgIpc) is 3.22. The lowest BCUT2D eigenvalue weighted by Gasteiger charge is -2.25. The van der Waals surface area contributed by atoms with Gasteiger partial charge in [-0.15, -0.1) is 0 Å². The summed E-state index contributed by atoms with van der Waals surface area (Å²) in [6, 6.07) is 33.1. The maximum Gasteiger partial charge on any atom is 0.305 e. The smallest absolute Gasteiger partial charge is 0.305 e. The molecule has 1 aliphatic rings. The standard InChI is InChI=1S/C33H31N3O2/c1-5-35-32(37)30(38-33(35)34-31-24(3)20-23(2)21-25(31)4)22-26-16-18-29(19-17-26)36(27-12-8-6-9-13-27)28-14-10-7-11-15-28/h6-22H,5H2,1-4H3/b30-22+,34-33-. The molecule has 4 aromatic rings. The SMILES string of the molecule is CCN1C(=O)/C(=C\c2ccc(N(c3ccccc3)c3ccccc3)cc2)O/C1=N\c1c(C)cc(C)cc1C. The number of amidine groups is 1. The minimum atomic E-state index is -0.187. The van der Waals surface area contributed by atoms with Crippen molar-refractivity contribution < 1.29 is 9.53 Å². The van der Waals surface area contributed by atoms with Gasteiger partial charge in [0.05, 0.1) is 5.69 Å². The number of amides is 1. The lowest BCUT2D eigenvalue weighted by molar-refractivity contribution is -0.122. The maximum absolute atomic E-state index is 13.2. The zero-order valence-corrected chi connectivity index (χ0v) is 22.2. The number of carbonyl (C=O) groups is 1. The Labute approximate surface area is 224 Å². The minimum Gasteiger partial charge on any atom is -0.419 e. The van der Waals surface area contributed by atoms with Crippen molar-refractivity contribution in [3.8, 4) is 0 Å². The van der Waals surface area contributed by atoms with E-state index < -0.39 is 0 Å². The highest BCUT2D eigenvalue weighted by atomic mass is 16.5. The fraction of sp³-hybridized carbons (Fsp3) is 0.152.